The van der Waals surface area contributed by atoms with E-state index in [4.69, 9.17) is 19.0 Å². The number of carbonyl (C=O) groups excluding carboxylic acids is 3. The third kappa shape index (κ3) is 14.2. The second-order valence-electron chi connectivity index (χ2n) is 16.7. The zero-order chi connectivity index (χ0) is 51.0. The van der Waals surface area contributed by atoms with E-state index in [9.17, 15) is 66.3 Å². The predicted octanol–water partition coefficient (Wildman–Crippen LogP) is 3.32. The molecule has 22 nitrogen and oxygen atoms in total. The molecule has 2 amide bonds. The summed E-state index contributed by atoms with van der Waals surface area (Å²) in [6.07, 6.45) is 8.26. The Morgan fingerprint density at radius 1 is 0.725 bits per heavy atom. The van der Waals surface area contributed by atoms with Crippen molar-refractivity contribution in [2.24, 2.45) is 0 Å². The molecule has 3 heterocycles. The third-order valence-electron chi connectivity index (χ3n) is 11.9. The van der Waals surface area contributed by atoms with E-state index < -0.39 is 85.5 Å². The van der Waals surface area contributed by atoms with Gasteiger partial charge < -0.3 is 23.9 Å². The Labute approximate surface area is 401 Å². The van der Waals surface area contributed by atoms with Crippen LogP contribution < -0.4 is 4.90 Å². The summed E-state index contributed by atoms with van der Waals surface area (Å²) in [5.41, 5.74) is 0.974. The number of carbonyl (C=O) groups is 3. The number of nitrogens with zero attached hydrogens (tertiary/aromatic N) is 3. The Morgan fingerprint density at radius 3 is 1.87 bits per heavy atom. The van der Waals surface area contributed by atoms with Gasteiger partial charge in [-0.25, -0.2) is 4.79 Å². The lowest BCUT2D eigenvalue weighted by Gasteiger charge is -2.30. The highest BCUT2D eigenvalue weighted by Crippen LogP contribution is 2.51. The molecule has 3 aliphatic rings. The second kappa shape index (κ2) is 22.6. The molecule has 0 bridgehead atoms. The second-order valence-corrected chi connectivity index (χ2v) is 22.7. The number of rotatable bonds is 26. The molecule has 2 aromatic rings. The topological polar surface area (TPSA) is 315 Å². The molecule has 1 fully saturated rings. The van der Waals surface area contributed by atoms with Gasteiger partial charge in [0.15, 0.2) is 12.3 Å². The van der Waals surface area contributed by atoms with Gasteiger partial charge in [0, 0.05) is 61.0 Å². The number of methoxy groups -OCH3 is 1. The molecule has 0 spiro atoms. The molecule has 4 N–H and O–H groups in total. The van der Waals surface area contributed by atoms with Crippen LogP contribution in [-0.4, -0.2) is 150 Å². The minimum absolute atomic E-state index is 0.0195. The third-order valence-corrected chi connectivity index (χ3v) is 15.2. The molecule has 26 heteroatoms. The van der Waals surface area contributed by atoms with E-state index >= 15 is 0 Å². The minimum Gasteiger partial charge on any atom is -0.383 e. The molecule has 0 radical (unpaired) electrons. The Balaban J connectivity index is 1.44. The molecular weight excluding hydrogens is 991 g/mol. The number of imide groups is 1. The summed E-state index contributed by atoms with van der Waals surface area (Å²) in [6.45, 7) is 4.28. The maximum Gasteiger partial charge on any atom is 0.335 e. The van der Waals surface area contributed by atoms with Crippen LogP contribution in [0.3, 0.4) is 0 Å². The van der Waals surface area contributed by atoms with E-state index in [0.29, 0.717) is 39.0 Å². The summed E-state index contributed by atoms with van der Waals surface area (Å²) in [6, 6.07) is 8.10. The van der Waals surface area contributed by atoms with E-state index in [1.165, 1.54) is 43.5 Å². The van der Waals surface area contributed by atoms with Crippen LogP contribution in [0.5, 0.6) is 0 Å². The first kappa shape index (κ1) is 55.2. The van der Waals surface area contributed by atoms with Crippen LogP contribution in [0.15, 0.2) is 82.3 Å². The van der Waals surface area contributed by atoms with Crippen LogP contribution in [0.1, 0.15) is 69.9 Å². The molecule has 2 unspecified atom stereocenters. The molecular formula is C43H56N3O19S4+. The number of hydrogen-bond acceptors (Lipinski definition) is 16. The normalized spacial score (nSPS) is 20.6. The van der Waals surface area contributed by atoms with E-state index in [2.05, 4.69) is 0 Å². The smallest absolute Gasteiger partial charge is 0.335 e. The number of fused-ring (bicyclic) bond motifs is 2. The van der Waals surface area contributed by atoms with Gasteiger partial charge >= 0.3 is 5.97 Å². The Hall–Kier alpha value is -4.74. The number of anilines is 1. The van der Waals surface area contributed by atoms with Gasteiger partial charge in [-0.1, -0.05) is 18.2 Å². The zero-order valence-electron chi connectivity index (χ0n) is 38.1. The fourth-order valence-electron chi connectivity index (χ4n) is 8.59. The lowest BCUT2D eigenvalue weighted by atomic mass is 9.76. The van der Waals surface area contributed by atoms with Crippen LogP contribution in [0.2, 0.25) is 0 Å². The lowest BCUT2D eigenvalue weighted by Crippen LogP contribution is -2.32. The maximum absolute atomic E-state index is 12.3. The van der Waals surface area contributed by atoms with Crippen molar-refractivity contribution in [1.82, 2.24) is 5.06 Å². The van der Waals surface area contributed by atoms with Crippen LogP contribution >= 0.6 is 0 Å². The quantitative estimate of drug-likeness (QED) is 0.0345. The van der Waals surface area contributed by atoms with E-state index in [0.717, 1.165) is 0 Å². The SMILES string of the molecule is COCCN1/C(=C/C=C/C=C/C2=[N+](CCOCCOCCC(=O)ON3C(=O)CCC3=O)c3ccc(S(=O)(=O)O)cc3C2(C)CCCS(=O)(=O)O)C(C)(CCCS(=O)(=O)O)c2cc(S(=O)(=O)O)ccc21. The molecule has 0 aliphatic carbocycles. The van der Waals surface area contributed by atoms with Gasteiger partial charge in [0.05, 0.1) is 59.6 Å². The largest absolute Gasteiger partial charge is 0.383 e. The monoisotopic (exact) mass is 1050 g/mol. The predicted molar refractivity (Wildman–Crippen MR) is 247 cm³/mol. The fraction of sp³-hybridized carbons (Fsp3) is 0.488. The molecule has 0 saturated carbocycles. The number of amides is 2. The zero-order valence-corrected chi connectivity index (χ0v) is 41.3. The van der Waals surface area contributed by atoms with Crippen molar-refractivity contribution in [2.75, 3.05) is 69.6 Å². The van der Waals surface area contributed by atoms with Crippen molar-refractivity contribution in [1.29, 1.82) is 0 Å². The van der Waals surface area contributed by atoms with Crippen molar-refractivity contribution < 1.29 is 89.9 Å². The van der Waals surface area contributed by atoms with Gasteiger partial charge in [-0.3, -0.25) is 27.8 Å². The van der Waals surface area contributed by atoms with E-state index in [-0.39, 0.29) is 96.0 Å². The summed E-state index contributed by atoms with van der Waals surface area (Å²) >= 11 is 0. The summed E-state index contributed by atoms with van der Waals surface area (Å²) in [4.78, 5) is 41.4. The molecule has 2 atom stereocenters. The van der Waals surface area contributed by atoms with Gasteiger partial charge in [-0.05, 0) is 81.5 Å². The average Bonchev–Trinajstić information content (AvgIpc) is 3.77. The van der Waals surface area contributed by atoms with Crippen molar-refractivity contribution in [2.45, 2.75) is 79.4 Å². The molecule has 1 saturated heterocycles. The van der Waals surface area contributed by atoms with Crippen LogP contribution in [0.25, 0.3) is 0 Å². The van der Waals surface area contributed by atoms with E-state index in [1.807, 2.05) is 9.48 Å². The Bertz CT molecular complexity index is 2860. The molecule has 69 heavy (non-hydrogen) atoms. The summed E-state index contributed by atoms with van der Waals surface area (Å²) in [5.74, 6) is -3.22. The standard InChI is InChI=1S/C43H55N3O19S4/c1-42(18-7-27-66(50,51)52)33-29-31(68(56,57)58)11-13-35(33)44(20-23-62-3)37(42)9-5-4-6-10-38-43(2,19-8-28-67(53,54)55)34-30-32(69(59,60)61)12-14-36(34)45(38)21-24-64-26-25-63-22-17-41(49)65-46-39(47)15-16-40(46)48/h4-6,9-14,29-30H,7-8,15-28H2,1-3H3,(H3-,50,51,52,53,54,55,56,57,58,59,60,61)/p+1. The fourth-order valence-corrected chi connectivity index (χ4v) is 10.6. The van der Waals surface area contributed by atoms with Gasteiger partial charge in [-0.15, -0.1) is 5.06 Å². The number of benzene rings is 2. The first-order valence-electron chi connectivity index (χ1n) is 21.5. The van der Waals surface area contributed by atoms with Gasteiger partial charge in [0.2, 0.25) is 5.69 Å². The Morgan fingerprint density at radius 2 is 1.29 bits per heavy atom. The summed E-state index contributed by atoms with van der Waals surface area (Å²) < 4.78 is 154. The van der Waals surface area contributed by atoms with Gasteiger partial charge in [0.1, 0.15) is 6.61 Å². The maximum atomic E-state index is 12.3. The minimum atomic E-state index is -4.69. The van der Waals surface area contributed by atoms with Crippen molar-refractivity contribution >= 4 is 75.3 Å². The summed E-state index contributed by atoms with van der Waals surface area (Å²) in [5, 5.41) is 0.443. The molecule has 380 valence electrons. The highest BCUT2D eigenvalue weighted by molar-refractivity contribution is 7.86. The van der Waals surface area contributed by atoms with Crippen LogP contribution in [0.4, 0.5) is 11.4 Å². The molecule has 5 rings (SSSR count). The highest BCUT2D eigenvalue weighted by Gasteiger charge is 2.48. The number of ether oxygens (including phenoxy) is 3. The molecule has 0 aromatic heterocycles. The molecule has 3 aliphatic heterocycles. The van der Waals surface area contributed by atoms with Crippen molar-refractivity contribution in [3.05, 3.63) is 83.6 Å². The van der Waals surface area contributed by atoms with Crippen LogP contribution in [0, 0.1) is 0 Å². The number of hydroxylamine groups is 2. The first-order valence-corrected chi connectivity index (χ1v) is 27.6. The summed E-state index contributed by atoms with van der Waals surface area (Å²) in [7, 11) is -16.6. The van der Waals surface area contributed by atoms with E-state index in [1.54, 1.807) is 44.2 Å². The first-order chi connectivity index (χ1) is 32.2. The Kier molecular flexibility index (Phi) is 18.0. The van der Waals surface area contributed by atoms with Gasteiger partial charge in [0.25, 0.3) is 52.3 Å². The number of allylic oxidation sites excluding steroid dienone is 6. The lowest BCUT2D eigenvalue weighted by molar-refractivity contribution is -0.442. The van der Waals surface area contributed by atoms with Crippen molar-refractivity contribution in [3.63, 3.8) is 0 Å². The molecule has 2 aromatic carbocycles. The van der Waals surface area contributed by atoms with Gasteiger partial charge in [-0.2, -0.15) is 38.2 Å². The van der Waals surface area contributed by atoms with Crippen molar-refractivity contribution in [3.8, 4) is 0 Å². The van der Waals surface area contributed by atoms with Crippen LogP contribution in [-0.2, 0) is 84.7 Å². The highest BCUT2D eigenvalue weighted by atomic mass is 32.2. The average molecular weight is 1050 g/mol. The number of hydrogen-bond donors (Lipinski definition) is 4.